The van der Waals surface area contributed by atoms with Gasteiger partial charge in [0, 0.05) is 41.8 Å². The van der Waals surface area contributed by atoms with Crippen LogP contribution in [0.1, 0.15) is 10.6 Å². The summed E-state index contributed by atoms with van der Waals surface area (Å²) in [5.74, 6) is 0.281. The third-order valence-corrected chi connectivity index (χ3v) is 4.60. The van der Waals surface area contributed by atoms with E-state index >= 15 is 0 Å². The zero-order valence-electron chi connectivity index (χ0n) is 10.3. The molecule has 1 aromatic carbocycles. The van der Waals surface area contributed by atoms with Gasteiger partial charge in [0.25, 0.3) is 0 Å². The van der Waals surface area contributed by atoms with Gasteiger partial charge < -0.3 is 10.4 Å². The predicted octanol–water partition coefficient (Wildman–Crippen LogP) is 2.41. The number of fused-ring (bicyclic) bond motifs is 3. The van der Waals surface area contributed by atoms with Gasteiger partial charge in [-0.25, -0.2) is 4.98 Å². The number of hydrogen-bond acceptors (Lipinski definition) is 4. The van der Waals surface area contributed by atoms with Crippen LogP contribution in [0.3, 0.4) is 0 Å². The maximum Gasteiger partial charge on any atom is 0.194 e. The molecule has 2 aromatic heterocycles. The molecule has 0 saturated carbocycles. The van der Waals surface area contributed by atoms with E-state index in [1.165, 1.54) is 10.6 Å². The molecule has 96 valence electrons. The van der Waals surface area contributed by atoms with Crippen LogP contribution in [0.5, 0.6) is 5.75 Å². The first-order valence-corrected chi connectivity index (χ1v) is 7.13. The zero-order valence-corrected chi connectivity index (χ0v) is 11.1. The molecule has 3 heterocycles. The molecule has 0 saturated heterocycles. The summed E-state index contributed by atoms with van der Waals surface area (Å²) in [6.07, 6.45) is 3.07. The number of rotatable bonds is 1. The van der Waals surface area contributed by atoms with Gasteiger partial charge in [-0.2, -0.15) is 0 Å². The number of phenols is 1. The highest BCUT2D eigenvalue weighted by molar-refractivity contribution is 7.17. The maximum atomic E-state index is 9.91. The Morgan fingerprint density at radius 2 is 2.21 bits per heavy atom. The Hall–Kier alpha value is -1.85. The molecule has 0 radical (unpaired) electrons. The SMILES string of the molecule is Oc1ccccc1-c1cn2c3c(sc2n1)CNCC3. The minimum Gasteiger partial charge on any atom is -0.507 e. The van der Waals surface area contributed by atoms with Gasteiger partial charge >= 0.3 is 0 Å². The summed E-state index contributed by atoms with van der Waals surface area (Å²) in [5, 5.41) is 13.3. The van der Waals surface area contributed by atoms with Crippen LogP contribution in [-0.4, -0.2) is 21.0 Å². The van der Waals surface area contributed by atoms with E-state index in [9.17, 15) is 5.11 Å². The van der Waals surface area contributed by atoms with Crippen LogP contribution in [0.25, 0.3) is 16.2 Å². The van der Waals surface area contributed by atoms with E-state index in [0.717, 1.165) is 35.7 Å². The fraction of sp³-hybridized carbons (Fsp3) is 0.214. The Morgan fingerprint density at radius 3 is 3.11 bits per heavy atom. The molecular weight excluding hydrogens is 258 g/mol. The van der Waals surface area contributed by atoms with Crippen molar-refractivity contribution in [2.75, 3.05) is 6.54 Å². The van der Waals surface area contributed by atoms with Gasteiger partial charge in [-0.15, -0.1) is 0 Å². The van der Waals surface area contributed by atoms with Crippen LogP contribution < -0.4 is 5.32 Å². The van der Waals surface area contributed by atoms with Gasteiger partial charge in [0.15, 0.2) is 4.96 Å². The number of hydrogen-bond donors (Lipinski definition) is 2. The summed E-state index contributed by atoms with van der Waals surface area (Å²) in [6, 6.07) is 7.34. The Balaban J connectivity index is 1.89. The van der Waals surface area contributed by atoms with Gasteiger partial charge in [-0.3, -0.25) is 4.40 Å². The van der Waals surface area contributed by atoms with E-state index in [0.29, 0.717) is 0 Å². The molecule has 3 aromatic rings. The Bertz CT molecular complexity index is 759. The summed E-state index contributed by atoms with van der Waals surface area (Å²) >= 11 is 1.73. The number of benzene rings is 1. The van der Waals surface area contributed by atoms with E-state index in [1.54, 1.807) is 17.4 Å². The van der Waals surface area contributed by atoms with Crippen molar-refractivity contribution in [2.45, 2.75) is 13.0 Å². The standard InChI is InChI=1S/C14H13N3OS/c18-12-4-2-1-3-9(12)10-8-17-11-5-6-15-7-13(11)19-14(17)16-10/h1-4,8,15,18H,5-7H2. The summed E-state index contributed by atoms with van der Waals surface area (Å²) in [4.78, 5) is 7.02. The largest absolute Gasteiger partial charge is 0.507 e. The molecule has 0 aliphatic carbocycles. The van der Waals surface area contributed by atoms with Crippen LogP contribution in [0, 0.1) is 0 Å². The Kier molecular flexibility index (Phi) is 2.36. The number of para-hydroxylation sites is 1. The number of nitrogens with one attached hydrogen (secondary N) is 1. The highest BCUT2D eigenvalue weighted by Gasteiger charge is 2.18. The molecule has 0 fully saturated rings. The van der Waals surface area contributed by atoms with Gasteiger partial charge in [0.2, 0.25) is 0 Å². The third kappa shape index (κ3) is 1.66. The number of thiazole rings is 1. The molecule has 0 bridgehead atoms. The first kappa shape index (κ1) is 11.0. The highest BCUT2D eigenvalue weighted by Crippen LogP contribution is 2.32. The lowest BCUT2D eigenvalue weighted by Gasteiger charge is -2.11. The van der Waals surface area contributed by atoms with Crippen LogP contribution >= 0.6 is 11.3 Å². The van der Waals surface area contributed by atoms with Crippen molar-refractivity contribution in [2.24, 2.45) is 0 Å². The van der Waals surface area contributed by atoms with Crippen LogP contribution in [-0.2, 0) is 13.0 Å². The smallest absolute Gasteiger partial charge is 0.194 e. The number of nitrogens with zero attached hydrogens (tertiary/aromatic N) is 2. The molecular formula is C14H13N3OS. The van der Waals surface area contributed by atoms with E-state index in [-0.39, 0.29) is 5.75 Å². The Morgan fingerprint density at radius 1 is 1.32 bits per heavy atom. The number of aromatic nitrogens is 2. The summed E-state index contributed by atoms with van der Waals surface area (Å²) in [5.41, 5.74) is 2.99. The first-order valence-electron chi connectivity index (χ1n) is 6.31. The topological polar surface area (TPSA) is 49.6 Å². The fourth-order valence-electron chi connectivity index (χ4n) is 2.56. The minimum absolute atomic E-state index is 0.281. The van der Waals surface area contributed by atoms with E-state index < -0.39 is 0 Å². The van der Waals surface area contributed by atoms with Crippen molar-refractivity contribution in [3.8, 4) is 17.0 Å². The Labute approximate surface area is 114 Å². The lowest BCUT2D eigenvalue weighted by atomic mass is 10.1. The second-order valence-electron chi connectivity index (χ2n) is 4.69. The molecule has 0 atom stereocenters. The number of phenolic OH excluding ortho intramolecular Hbond substituents is 1. The van der Waals surface area contributed by atoms with Crippen molar-refractivity contribution >= 4 is 16.3 Å². The third-order valence-electron chi connectivity index (χ3n) is 3.50. The lowest BCUT2D eigenvalue weighted by molar-refractivity contribution is 0.477. The van der Waals surface area contributed by atoms with Gasteiger partial charge in [0.05, 0.1) is 5.69 Å². The van der Waals surface area contributed by atoms with E-state index in [1.807, 2.05) is 24.4 Å². The van der Waals surface area contributed by atoms with Crippen molar-refractivity contribution in [1.29, 1.82) is 0 Å². The van der Waals surface area contributed by atoms with E-state index in [4.69, 9.17) is 0 Å². The van der Waals surface area contributed by atoms with Crippen molar-refractivity contribution in [3.63, 3.8) is 0 Å². The van der Waals surface area contributed by atoms with Crippen molar-refractivity contribution in [1.82, 2.24) is 14.7 Å². The lowest BCUT2D eigenvalue weighted by Crippen LogP contribution is -2.23. The highest BCUT2D eigenvalue weighted by atomic mass is 32.1. The molecule has 19 heavy (non-hydrogen) atoms. The molecule has 0 unspecified atom stereocenters. The van der Waals surface area contributed by atoms with Gasteiger partial charge in [-0.05, 0) is 12.1 Å². The number of aromatic hydroxyl groups is 1. The van der Waals surface area contributed by atoms with Crippen molar-refractivity contribution in [3.05, 3.63) is 41.0 Å². The molecule has 4 rings (SSSR count). The van der Waals surface area contributed by atoms with E-state index in [2.05, 4.69) is 14.7 Å². The summed E-state index contributed by atoms with van der Waals surface area (Å²) in [7, 11) is 0. The molecule has 5 heteroatoms. The molecule has 0 spiro atoms. The quantitative estimate of drug-likeness (QED) is 0.714. The van der Waals surface area contributed by atoms with Gasteiger partial charge in [0.1, 0.15) is 5.75 Å². The van der Waals surface area contributed by atoms with Gasteiger partial charge in [-0.1, -0.05) is 23.5 Å². The zero-order chi connectivity index (χ0) is 12.8. The second kappa shape index (κ2) is 4.08. The second-order valence-corrected chi connectivity index (χ2v) is 5.76. The maximum absolute atomic E-state index is 9.91. The molecule has 2 N–H and O–H groups in total. The average Bonchev–Trinajstić information content (AvgIpc) is 2.96. The van der Waals surface area contributed by atoms with Crippen LogP contribution in [0.4, 0.5) is 0 Å². The first-order chi connectivity index (χ1) is 9.33. The molecule has 0 amide bonds. The molecule has 1 aliphatic rings. The van der Waals surface area contributed by atoms with Crippen molar-refractivity contribution < 1.29 is 5.11 Å². The minimum atomic E-state index is 0.281. The number of imidazole rings is 1. The average molecular weight is 271 g/mol. The fourth-order valence-corrected chi connectivity index (χ4v) is 3.68. The monoisotopic (exact) mass is 271 g/mol. The summed E-state index contributed by atoms with van der Waals surface area (Å²) in [6.45, 7) is 1.96. The predicted molar refractivity (Wildman–Crippen MR) is 75.6 cm³/mol. The van der Waals surface area contributed by atoms with Crippen LogP contribution in [0.15, 0.2) is 30.5 Å². The molecule has 4 nitrogen and oxygen atoms in total. The normalized spacial score (nSPS) is 14.7. The molecule has 1 aliphatic heterocycles. The summed E-state index contributed by atoms with van der Waals surface area (Å²) < 4.78 is 2.17. The van der Waals surface area contributed by atoms with Crippen LogP contribution in [0.2, 0.25) is 0 Å².